The van der Waals surface area contributed by atoms with Gasteiger partial charge in [-0.05, 0) is 49.5 Å². The number of nitrogens with zero attached hydrogens (tertiary/aromatic N) is 1. The van der Waals surface area contributed by atoms with Crippen molar-refractivity contribution in [1.82, 2.24) is 10.2 Å². The molecule has 0 heterocycles. The van der Waals surface area contributed by atoms with Crippen LogP contribution in [0.3, 0.4) is 0 Å². The Balaban J connectivity index is 1.75. The van der Waals surface area contributed by atoms with Gasteiger partial charge in [-0.1, -0.05) is 24.3 Å². The van der Waals surface area contributed by atoms with Crippen molar-refractivity contribution in [3.63, 3.8) is 0 Å². The van der Waals surface area contributed by atoms with E-state index in [0.717, 1.165) is 23.4 Å². The first-order valence-electron chi connectivity index (χ1n) is 8.00. The summed E-state index contributed by atoms with van der Waals surface area (Å²) in [6.07, 6.45) is 0.353. The zero-order chi connectivity index (χ0) is 17.4. The van der Waals surface area contributed by atoms with Gasteiger partial charge in [-0.3, -0.25) is 4.79 Å². The molecule has 0 bridgehead atoms. The van der Waals surface area contributed by atoms with Crippen molar-refractivity contribution in [3.8, 4) is 5.75 Å². The van der Waals surface area contributed by atoms with E-state index in [-0.39, 0.29) is 5.91 Å². The average Bonchev–Trinajstić information content (AvgIpc) is 2.56. The molecule has 2 aromatic rings. The van der Waals surface area contributed by atoms with Crippen LogP contribution in [0.15, 0.2) is 48.5 Å². The second-order valence-electron chi connectivity index (χ2n) is 5.99. The zero-order valence-electron chi connectivity index (χ0n) is 14.3. The van der Waals surface area contributed by atoms with Gasteiger partial charge in [-0.15, -0.1) is 0 Å². The Morgan fingerprint density at radius 2 is 1.67 bits per heavy atom. The number of nitrogens with one attached hydrogen (secondary N) is 1. The molecule has 0 fully saturated rings. The Bertz CT molecular complexity index is 637. The molecule has 3 N–H and O–H groups in total. The standard InChI is InChI=1S/C19H25N3O2/c1-22(2)11-12-24-18-9-5-16(6-10-18)14-21-19(23)13-15-3-7-17(20)8-4-15/h3-10H,11-14,20H2,1-2H3,(H,21,23). The average molecular weight is 327 g/mol. The molecule has 0 atom stereocenters. The number of amides is 1. The molecule has 0 unspecified atom stereocenters. The Kier molecular flexibility index (Phi) is 6.63. The molecule has 0 aliphatic carbocycles. The predicted molar refractivity (Wildman–Crippen MR) is 96.9 cm³/mol. The molecule has 0 saturated carbocycles. The van der Waals surface area contributed by atoms with Crippen molar-refractivity contribution in [2.45, 2.75) is 13.0 Å². The molecule has 1 amide bonds. The highest BCUT2D eigenvalue weighted by Crippen LogP contribution is 2.12. The summed E-state index contributed by atoms with van der Waals surface area (Å²) < 4.78 is 5.65. The number of ether oxygens (including phenoxy) is 1. The minimum atomic E-state index is -0.00826. The molecule has 24 heavy (non-hydrogen) atoms. The fourth-order valence-corrected chi connectivity index (χ4v) is 2.13. The number of carbonyl (C=O) groups excluding carboxylic acids is 1. The van der Waals surface area contributed by atoms with Crippen LogP contribution in [0.1, 0.15) is 11.1 Å². The smallest absolute Gasteiger partial charge is 0.224 e. The lowest BCUT2D eigenvalue weighted by molar-refractivity contribution is -0.120. The highest BCUT2D eigenvalue weighted by Gasteiger charge is 2.04. The minimum Gasteiger partial charge on any atom is -0.492 e. The third-order valence-electron chi connectivity index (χ3n) is 3.56. The van der Waals surface area contributed by atoms with Gasteiger partial charge in [0.15, 0.2) is 0 Å². The Labute approximate surface area is 143 Å². The van der Waals surface area contributed by atoms with Crippen LogP contribution >= 0.6 is 0 Å². The van der Waals surface area contributed by atoms with Gasteiger partial charge in [0.05, 0.1) is 6.42 Å². The topological polar surface area (TPSA) is 67.6 Å². The summed E-state index contributed by atoms with van der Waals surface area (Å²) in [5, 5.41) is 2.92. The molecule has 0 radical (unpaired) electrons. The van der Waals surface area contributed by atoms with E-state index in [0.29, 0.717) is 25.3 Å². The maximum atomic E-state index is 12.0. The number of nitrogens with two attached hydrogens (primary N) is 1. The van der Waals surface area contributed by atoms with Crippen LogP contribution in [-0.4, -0.2) is 38.1 Å². The molecule has 2 aromatic carbocycles. The van der Waals surface area contributed by atoms with Crippen molar-refractivity contribution in [2.75, 3.05) is 33.0 Å². The Morgan fingerprint density at radius 1 is 1.04 bits per heavy atom. The fourth-order valence-electron chi connectivity index (χ4n) is 2.13. The Hall–Kier alpha value is -2.53. The van der Waals surface area contributed by atoms with Crippen molar-refractivity contribution in [2.24, 2.45) is 0 Å². The quantitative estimate of drug-likeness (QED) is 0.728. The molecule has 2 rings (SSSR count). The first kappa shape index (κ1) is 17.8. The van der Waals surface area contributed by atoms with Crippen LogP contribution in [0.4, 0.5) is 5.69 Å². The molecule has 5 nitrogen and oxygen atoms in total. The molecule has 0 aliphatic heterocycles. The van der Waals surface area contributed by atoms with E-state index in [1.807, 2.05) is 50.5 Å². The van der Waals surface area contributed by atoms with Crippen LogP contribution in [0.2, 0.25) is 0 Å². The molecule has 0 aliphatic rings. The van der Waals surface area contributed by atoms with Gasteiger partial charge in [0.2, 0.25) is 5.91 Å². The highest BCUT2D eigenvalue weighted by molar-refractivity contribution is 5.78. The zero-order valence-corrected chi connectivity index (χ0v) is 14.3. The summed E-state index contributed by atoms with van der Waals surface area (Å²) in [5.74, 6) is 0.833. The van der Waals surface area contributed by atoms with Gasteiger partial charge in [0.25, 0.3) is 0 Å². The van der Waals surface area contributed by atoms with Crippen molar-refractivity contribution < 1.29 is 9.53 Å². The van der Waals surface area contributed by atoms with E-state index < -0.39 is 0 Å². The number of likely N-dealkylation sites (N-methyl/N-ethyl adjacent to an activating group) is 1. The third-order valence-corrected chi connectivity index (χ3v) is 3.56. The summed E-state index contributed by atoms with van der Waals surface area (Å²) in [4.78, 5) is 14.0. The van der Waals surface area contributed by atoms with Gasteiger partial charge >= 0.3 is 0 Å². The van der Waals surface area contributed by atoms with E-state index in [1.165, 1.54) is 0 Å². The summed E-state index contributed by atoms with van der Waals surface area (Å²) in [7, 11) is 4.03. The van der Waals surface area contributed by atoms with Crippen LogP contribution in [0, 0.1) is 0 Å². The second kappa shape index (κ2) is 8.93. The van der Waals surface area contributed by atoms with Crippen LogP contribution < -0.4 is 15.8 Å². The lowest BCUT2D eigenvalue weighted by atomic mass is 10.1. The molecular formula is C19H25N3O2. The van der Waals surface area contributed by atoms with Crippen LogP contribution in [0.25, 0.3) is 0 Å². The first-order chi connectivity index (χ1) is 11.5. The molecule has 5 heteroatoms. The SMILES string of the molecule is CN(C)CCOc1ccc(CNC(=O)Cc2ccc(N)cc2)cc1. The number of nitrogen functional groups attached to an aromatic ring is 1. The highest BCUT2D eigenvalue weighted by atomic mass is 16.5. The van der Waals surface area contributed by atoms with E-state index in [2.05, 4.69) is 10.2 Å². The van der Waals surface area contributed by atoms with Crippen LogP contribution in [-0.2, 0) is 17.8 Å². The maximum Gasteiger partial charge on any atom is 0.224 e. The number of rotatable bonds is 8. The van der Waals surface area contributed by atoms with E-state index in [9.17, 15) is 4.79 Å². The summed E-state index contributed by atoms with van der Waals surface area (Å²) >= 11 is 0. The third kappa shape index (κ3) is 6.30. The normalized spacial score (nSPS) is 10.6. The first-order valence-corrected chi connectivity index (χ1v) is 8.00. The van der Waals surface area contributed by atoms with Gasteiger partial charge in [0.1, 0.15) is 12.4 Å². The predicted octanol–water partition coefficient (Wildman–Crippen LogP) is 2.07. The van der Waals surface area contributed by atoms with Gasteiger partial charge in [-0.25, -0.2) is 0 Å². The molecule has 0 spiro atoms. The molecule has 0 saturated heterocycles. The molecular weight excluding hydrogens is 302 g/mol. The van der Waals surface area contributed by atoms with Crippen molar-refractivity contribution >= 4 is 11.6 Å². The second-order valence-corrected chi connectivity index (χ2v) is 5.99. The fraction of sp³-hybridized carbons (Fsp3) is 0.316. The summed E-state index contributed by atoms with van der Waals surface area (Å²) in [6, 6.07) is 15.1. The Morgan fingerprint density at radius 3 is 2.29 bits per heavy atom. The largest absolute Gasteiger partial charge is 0.492 e. The molecule has 0 aromatic heterocycles. The van der Waals surface area contributed by atoms with Gasteiger partial charge in [0, 0.05) is 18.8 Å². The number of benzene rings is 2. The summed E-state index contributed by atoms with van der Waals surface area (Å²) in [6.45, 7) is 2.04. The monoisotopic (exact) mass is 327 g/mol. The minimum absolute atomic E-state index is 0.00826. The van der Waals surface area contributed by atoms with E-state index in [4.69, 9.17) is 10.5 Å². The van der Waals surface area contributed by atoms with Crippen molar-refractivity contribution in [1.29, 1.82) is 0 Å². The van der Waals surface area contributed by atoms with E-state index in [1.54, 1.807) is 12.1 Å². The number of carbonyl (C=O) groups is 1. The number of anilines is 1. The lowest BCUT2D eigenvalue weighted by Gasteiger charge is -2.11. The lowest BCUT2D eigenvalue weighted by Crippen LogP contribution is -2.24. The van der Waals surface area contributed by atoms with E-state index >= 15 is 0 Å². The summed E-state index contributed by atoms with van der Waals surface area (Å²) in [5.41, 5.74) is 8.33. The van der Waals surface area contributed by atoms with Gasteiger partial charge in [-0.2, -0.15) is 0 Å². The van der Waals surface area contributed by atoms with Crippen molar-refractivity contribution in [3.05, 3.63) is 59.7 Å². The van der Waals surface area contributed by atoms with Gasteiger partial charge < -0.3 is 20.7 Å². The number of hydrogen-bond donors (Lipinski definition) is 2. The van der Waals surface area contributed by atoms with Crippen LogP contribution in [0.5, 0.6) is 5.75 Å². The maximum absolute atomic E-state index is 12.0. The number of hydrogen-bond acceptors (Lipinski definition) is 4. The molecule has 128 valence electrons.